The highest BCUT2D eigenvalue weighted by atomic mass is 35.5. The van der Waals surface area contributed by atoms with E-state index in [2.05, 4.69) is 5.16 Å². The van der Waals surface area contributed by atoms with E-state index in [1.54, 1.807) is 35.7 Å². The minimum Gasteiger partial charge on any atom is -0.360 e. The van der Waals surface area contributed by atoms with Gasteiger partial charge in [-0.15, -0.1) is 0 Å². The maximum absolute atomic E-state index is 14.2. The normalized spacial score (nSPS) is 17.2. The van der Waals surface area contributed by atoms with Crippen LogP contribution in [0.1, 0.15) is 33.4 Å². The van der Waals surface area contributed by atoms with E-state index in [1.807, 2.05) is 30.3 Å². The molecule has 0 saturated carbocycles. The SMILES string of the molecule is Cc1onc(-c2ccccc2Cl)c1C(=O)N1CCSC(c2ccccc2F)CC1. The van der Waals surface area contributed by atoms with E-state index in [0.29, 0.717) is 52.7 Å². The number of halogens is 2. The summed E-state index contributed by atoms with van der Waals surface area (Å²) in [6.45, 7) is 2.85. The molecule has 1 amide bonds. The number of nitrogens with zero attached hydrogens (tertiary/aromatic N) is 2. The van der Waals surface area contributed by atoms with Gasteiger partial charge in [-0.1, -0.05) is 53.2 Å². The third kappa shape index (κ3) is 4.05. The standard InChI is InChI=1S/C22H20ClFN2O2S/c1-14-20(21(25-28-14)15-6-2-4-8-17(15)23)22(27)26-11-10-19(29-13-12-26)16-7-3-5-9-18(16)24/h2-9,19H,10-13H2,1H3. The number of amides is 1. The van der Waals surface area contributed by atoms with Gasteiger partial charge in [-0.25, -0.2) is 4.39 Å². The fourth-order valence-electron chi connectivity index (χ4n) is 3.58. The topological polar surface area (TPSA) is 46.3 Å². The Bertz CT molecular complexity index is 1040. The van der Waals surface area contributed by atoms with Gasteiger partial charge in [0.15, 0.2) is 0 Å². The van der Waals surface area contributed by atoms with Crippen LogP contribution < -0.4 is 0 Å². The number of carbonyl (C=O) groups is 1. The van der Waals surface area contributed by atoms with Gasteiger partial charge in [0.2, 0.25) is 0 Å². The number of hydrogen-bond acceptors (Lipinski definition) is 4. The maximum atomic E-state index is 14.2. The van der Waals surface area contributed by atoms with Gasteiger partial charge in [-0.3, -0.25) is 4.79 Å². The molecule has 1 atom stereocenters. The Morgan fingerprint density at radius 1 is 1.21 bits per heavy atom. The molecule has 0 bridgehead atoms. The number of hydrogen-bond donors (Lipinski definition) is 0. The Balaban J connectivity index is 1.58. The van der Waals surface area contributed by atoms with Crippen molar-refractivity contribution in [3.8, 4) is 11.3 Å². The summed E-state index contributed by atoms with van der Waals surface area (Å²) in [7, 11) is 0. The highest BCUT2D eigenvalue weighted by molar-refractivity contribution is 7.99. The Hall–Kier alpha value is -2.31. The maximum Gasteiger partial charge on any atom is 0.259 e. The van der Waals surface area contributed by atoms with Crippen molar-refractivity contribution in [1.29, 1.82) is 0 Å². The second-order valence-corrected chi connectivity index (χ2v) is 8.62. The summed E-state index contributed by atoms with van der Waals surface area (Å²) in [5.74, 6) is 0.873. The molecule has 1 aromatic heterocycles. The van der Waals surface area contributed by atoms with Crippen LogP contribution in [0.4, 0.5) is 4.39 Å². The second kappa shape index (κ2) is 8.59. The van der Waals surface area contributed by atoms with E-state index >= 15 is 0 Å². The number of aryl methyl sites for hydroxylation is 1. The number of rotatable bonds is 3. The van der Waals surface area contributed by atoms with Crippen molar-refractivity contribution in [1.82, 2.24) is 10.1 Å². The van der Waals surface area contributed by atoms with Crippen LogP contribution in [0.25, 0.3) is 11.3 Å². The number of aromatic nitrogens is 1. The molecule has 150 valence electrons. The van der Waals surface area contributed by atoms with Crippen LogP contribution in [-0.4, -0.2) is 34.8 Å². The molecule has 0 N–H and O–H groups in total. The summed E-state index contributed by atoms with van der Waals surface area (Å²) in [5.41, 5.74) is 2.26. The average Bonchev–Trinajstić information content (AvgIpc) is 2.94. The molecular weight excluding hydrogens is 411 g/mol. The third-order valence-electron chi connectivity index (χ3n) is 5.09. The predicted molar refractivity (Wildman–Crippen MR) is 114 cm³/mol. The van der Waals surface area contributed by atoms with Crippen LogP contribution in [0.15, 0.2) is 53.1 Å². The highest BCUT2D eigenvalue weighted by Crippen LogP contribution is 2.37. The van der Waals surface area contributed by atoms with Crippen LogP contribution in [0.5, 0.6) is 0 Å². The zero-order valence-corrected chi connectivity index (χ0v) is 17.5. The monoisotopic (exact) mass is 430 g/mol. The van der Waals surface area contributed by atoms with E-state index in [-0.39, 0.29) is 17.0 Å². The molecule has 2 aromatic carbocycles. The van der Waals surface area contributed by atoms with E-state index in [1.165, 1.54) is 6.07 Å². The molecule has 7 heteroatoms. The fraction of sp³-hybridized carbons (Fsp3) is 0.273. The van der Waals surface area contributed by atoms with Gasteiger partial charge in [0.25, 0.3) is 5.91 Å². The van der Waals surface area contributed by atoms with E-state index in [0.717, 1.165) is 5.75 Å². The number of benzene rings is 2. The lowest BCUT2D eigenvalue weighted by Crippen LogP contribution is -2.33. The van der Waals surface area contributed by atoms with Crippen molar-refractivity contribution in [2.75, 3.05) is 18.8 Å². The van der Waals surface area contributed by atoms with Gasteiger partial charge in [0, 0.05) is 35.2 Å². The smallest absolute Gasteiger partial charge is 0.259 e. The minimum atomic E-state index is -0.194. The Kier molecular flexibility index (Phi) is 5.92. The third-order valence-corrected chi connectivity index (χ3v) is 6.73. The zero-order valence-electron chi connectivity index (χ0n) is 15.9. The van der Waals surface area contributed by atoms with Crippen LogP contribution in [0, 0.1) is 12.7 Å². The number of thioether (sulfide) groups is 1. The van der Waals surface area contributed by atoms with Gasteiger partial charge in [-0.05, 0) is 25.5 Å². The Morgan fingerprint density at radius 3 is 2.76 bits per heavy atom. The van der Waals surface area contributed by atoms with Crippen molar-refractivity contribution in [3.05, 3.63) is 76.3 Å². The summed E-state index contributed by atoms with van der Waals surface area (Å²) in [6.07, 6.45) is 0.684. The van der Waals surface area contributed by atoms with Crippen molar-refractivity contribution < 1.29 is 13.7 Å². The molecule has 1 fully saturated rings. The summed E-state index contributed by atoms with van der Waals surface area (Å²) in [4.78, 5) is 15.1. The molecule has 2 heterocycles. The summed E-state index contributed by atoms with van der Waals surface area (Å²) in [5, 5.41) is 4.64. The molecule has 0 spiro atoms. The van der Waals surface area contributed by atoms with Crippen molar-refractivity contribution in [2.24, 2.45) is 0 Å². The summed E-state index contributed by atoms with van der Waals surface area (Å²) in [6, 6.07) is 14.1. The first-order valence-corrected chi connectivity index (χ1v) is 10.9. The summed E-state index contributed by atoms with van der Waals surface area (Å²) >= 11 is 8.00. The van der Waals surface area contributed by atoms with E-state index in [4.69, 9.17) is 16.1 Å². The van der Waals surface area contributed by atoms with Gasteiger partial charge in [0.1, 0.15) is 22.8 Å². The van der Waals surface area contributed by atoms with Crippen LogP contribution in [0.2, 0.25) is 5.02 Å². The molecule has 0 radical (unpaired) electrons. The van der Waals surface area contributed by atoms with E-state index in [9.17, 15) is 9.18 Å². The van der Waals surface area contributed by atoms with Gasteiger partial charge >= 0.3 is 0 Å². The molecule has 3 aromatic rings. The molecule has 1 aliphatic heterocycles. The first-order valence-electron chi connectivity index (χ1n) is 9.42. The molecular formula is C22H20ClFN2O2S. The number of carbonyl (C=O) groups excluding carboxylic acids is 1. The average molecular weight is 431 g/mol. The molecule has 29 heavy (non-hydrogen) atoms. The molecule has 1 aliphatic rings. The molecule has 0 aliphatic carbocycles. The Labute approximate surface area is 178 Å². The predicted octanol–water partition coefficient (Wildman–Crippen LogP) is 5.76. The molecule has 4 rings (SSSR count). The van der Waals surface area contributed by atoms with Crippen LogP contribution in [-0.2, 0) is 0 Å². The van der Waals surface area contributed by atoms with Gasteiger partial charge < -0.3 is 9.42 Å². The molecule has 1 saturated heterocycles. The Morgan fingerprint density at radius 2 is 1.97 bits per heavy atom. The first kappa shape index (κ1) is 20.0. The molecule has 4 nitrogen and oxygen atoms in total. The lowest BCUT2D eigenvalue weighted by molar-refractivity contribution is 0.0765. The fourth-order valence-corrected chi connectivity index (χ4v) is 5.06. The van der Waals surface area contributed by atoms with Crippen molar-refractivity contribution in [2.45, 2.75) is 18.6 Å². The van der Waals surface area contributed by atoms with Gasteiger partial charge in [-0.2, -0.15) is 11.8 Å². The quantitative estimate of drug-likeness (QED) is 0.529. The van der Waals surface area contributed by atoms with Crippen molar-refractivity contribution >= 4 is 29.3 Å². The molecule has 1 unspecified atom stereocenters. The minimum absolute atomic E-state index is 0.0283. The van der Waals surface area contributed by atoms with Crippen LogP contribution in [0.3, 0.4) is 0 Å². The zero-order chi connectivity index (χ0) is 20.4. The lowest BCUT2D eigenvalue weighted by atomic mass is 10.0. The largest absolute Gasteiger partial charge is 0.360 e. The van der Waals surface area contributed by atoms with Crippen LogP contribution >= 0.6 is 23.4 Å². The van der Waals surface area contributed by atoms with E-state index < -0.39 is 0 Å². The van der Waals surface area contributed by atoms with Gasteiger partial charge in [0.05, 0.1) is 5.02 Å². The van der Waals surface area contributed by atoms with Crippen molar-refractivity contribution in [3.63, 3.8) is 0 Å². The second-order valence-electron chi connectivity index (χ2n) is 6.90. The first-order chi connectivity index (χ1) is 14.1. The highest BCUT2D eigenvalue weighted by Gasteiger charge is 2.29. The lowest BCUT2D eigenvalue weighted by Gasteiger charge is -2.20. The summed E-state index contributed by atoms with van der Waals surface area (Å²) < 4.78 is 19.5.